The molecule has 0 bridgehead atoms. The number of nitrogens with zero attached hydrogens (tertiary/aromatic N) is 2. The number of carbonyl (C=O) groups excluding carboxylic acids is 1. The van der Waals surface area contributed by atoms with Crippen LogP contribution in [0.5, 0.6) is 0 Å². The molecule has 0 aliphatic heterocycles. The number of carbonyl (C=O) groups is 1. The monoisotopic (exact) mass is 454 g/mol. The SMILES string of the molecule is COCC(=O)OC(n1cc(C#N)c(-c2cccc(Cl)c2Cl)c1)C(Cl)(Cl)Cl. The van der Waals surface area contributed by atoms with Crippen LogP contribution in [-0.4, -0.2) is 28.0 Å². The third kappa shape index (κ3) is 4.77. The molecule has 0 saturated carbocycles. The first-order valence-corrected chi connectivity index (χ1v) is 8.89. The Morgan fingerprint density at radius 2 is 1.96 bits per heavy atom. The quantitative estimate of drug-likeness (QED) is 0.447. The van der Waals surface area contributed by atoms with Gasteiger partial charge in [-0.2, -0.15) is 5.26 Å². The number of hydrogen-bond donors (Lipinski definition) is 0. The molecule has 2 aromatic rings. The number of rotatable bonds is 5. The molecule has 138 valence electrons. The van der Waals surface area contributed by atoms with Crippen LogP contribution < -0.4 is 0 Å². The van der Waals surface area contributed by atoms with E-state index in [2.05, 4.69) is 0 Å². The van der Waals surface area contributed by atoms with Gasteiger partial charge in [-0.1, -0.05) is 70.1 Å². The summed E-state index contributed by atoms with van der Waals surface area (Å²) in [5, 5.41) is 10.0. The number of alkyl halides is 3. The van der Waals surface area contributed by atoms with Crippen LogP contribution >= 0.6 is 58.0 Å². The van der Waals surface area contributed by atoms with E-state index in [0.717, 1.165) is 0 Å². The van der Waals surface area contributed by atoms with E-state index in [4.69, 9.17) is 67.5 Å². The second kappa shape index (κ2) is 8.71. The Bertz CT molecular complexity index is 855. The molecule has 0 N–H and O–H groups in total. The van der Waals surface area contributed by atoms with Crippen molar-refractivity contribution >= 4 is 64.0 Å². The Morgan fingerprint density at radius 1 is 1.27 bits per heavy atom. The fraction of sp³-hybridized carbons (Fsp3) is 0.250. The average Bonchev–Trinajstić information content (AvgIpc) is 2.98. The predicted octanol–water partition coefficient (Wildman–Crippen LogP) is 5.39. The average molecular weight is 457 g/mol. The third-order valence-corrected chi connectivity index (χ3v) is 4.64. The van der Waals surface area contributed by atoms with Gasteiger partial charge in [-0.25, -0.2) is 4.79 Å². The first-order valence-electron chi connectivity index (χ1n) is 7.00. The number of nitriles is 1. The summed E-state index contributed by atoms with van der Waals surface area (Å²) in [6.45, 7) is -0.323. The van der Waals surface area contributed by atoms with Crippen molar-refractivity contribution in [2.75, 3.05) is 13.7 Å². The molecule has 1 atom stereocenters. The van der Waals surface area contributed by atoms with Crippen LogP contribution in [0.4, 0.5) is 0 Å². The highest BCUT2D eigenvalue weighted by Gasteiger charge is 2.38. The number of methoxy groups -OCH3 is 1. The maximum atomic E-state index is 11.8. The number of benzene rings is 1. The van der Waals surface area contributed by atoms with Crippen molar-refractivity contribution < 1.29 is 14.3 Å². The molecule has 0 aliphatic rings. The highest BCUT2D eigenvalue weighted by Crippen LogP contribution is 2.42. The van der Waals surface area contributed by atoms with E-state index in [0.29, 0.717) is 16.1 Å². The van der Waals surface area contributed by atoms with Crippen molar-refractivity contribution in [2.45, 2.75) is 10.0 Å². The van der Waals surface area contributed by atoms with Crippen LogP contribution in [0.25, 0.3) is 11.1 Å². The van der Waals surface area contributed by atoms with E-state index >= 15 is 0 Å². The molecule has 0 radical (unpaired) electrons. The van der Waals surface area contributed by atoms with E-state index in [-0.39, 0.29) is 17.2 Å². The zero-order valence-electron chi connectivity index (χ0n) is 13.2. The summed E-state index contributed by atoms with van der Waals surface area (Å²) in [4.78, 5) is 11.8. The van der Waals surface area contributed by atoms with Crippen molar-refractivity contribution in [1.82, 2.24) is 4.57 Å². The minimum absolute atomic E-state index is 0.233. The molecule has 26 heavy (non-hydrogen) atoms. The fourth-order valence-corrected chi connectivity index (χ4v) is 3.07. The Labute approximate surface area is 174 Å². The maximum absolute atomic E-state index is 11.8. The van der Waals surface area contributed by atoms with E-state index in [1.165, 1.54) is 24.1 Å². The zero-order chi connectivity index (χ0) is 19.5. The molecule has 1 aromatic carbocycles. The lowest BCUT2D eigenvalue weighted by Gasteiger charge is -2.25. The van der Waals surface area contributed by atoms with Crippen molar-refractivity contribution in [3.05, 3.63) is 46.2 Å². The van der Waals surface area contributed by atoms with Crippen LogP contribution in [0, 0.1) is 11.3 Å². The van der Waals surface area contributed by atoms with Gasteiger partial charge in [0.05, 0.1) is 15.6 Å². The Balaban J connectivity index is 2.52. The molecule has 0 saturated heterocycles. The Kier molecular flexibility index (Phi) is 7.09. The van der Waals surface area contributed by atoms with Gasteiger partial charge >= 0.3 is 5.97 Å². The van der Waals surface area contributed by atoms with E-state index in [9.17, 15) is 10.1 Å². The van der Waals surface area contributed by atoms with Gasteiger partial charge in [-0.15, -0.1) is 0 Å². The minimum Gasteiger partial charge on any atom is -0.435 e. The van der Waals surface area contributed by atoms with E-state index in [1.54, 1.807) is 18.2 Å². The number of hydrogen-bond acceptors (Lipinski definition) is 4. The molecule has 1 unspecified atom stereocenters. The molecule has 0 fully saturated rings. The molecule has 5 nitrogen and oxygen atoms in total. The fourth-order valence-electron chi connectivity index (χ4n) is 2.20. The number of ether oxygens (including phenoxy) is 2. The first kappa shape index (κ1) is 21.2. The predicted molar refractivity (Wildman–Crippen MR) is 102 cm³/mol. The summed E-state index contributed by atoms with van der Waals surface area (Å²) < 4.78 is 9.20. The van der Waals surface area contributed by atoms with Crippen molar-refractivity contribution in [3.8, 4) is 17.2 Å². The first-order chi connectivity index (χ1) is 12.2. The van der Waals surface area contributed by atoms with E-state index in [1.807, 2.05) is 6.07 Å². The van der Waals surface area contributed by atoms with Crippen LogP contribution in [0.3, 0.4) is 0 Å². The van der Waals surface area contributed by atoms with Crippen LogP contribution in [0.15, 0.2) is 30.6 Å². The summed E-state index contributed by atoms with van der Waals surface area (Å²) in [5.74, 6) is -0.738. The summed E-state index contributed by atoms with van der Waals surface area (Å²) in [7, 11) is 1.33. The minimum atomic E-state index is -2.00. The molecule has 1 aromatic heterocycles. The number of halogens is 5. The van der Waals surface area contributed by atoms with Crippen LogP contribution in [-0.2, 0) is 14.3 Å². The number of esters is 1. The van der Waals surface area contributed by atoms with Gasteiger partial charge < -0.3 is 14.0 Å². The van der Waals surface area contributed by atoms with Gasteiger partial charge in [0, 0.05) is 30.6 Å². The molecular weight excluding hydrogens is 445 g/mol. The summed E-state index contributed by atoms with van der Waals surface area (Å²) in [6.07, 6.45) is 1.55. The van der Waals surface area contributed by atoms with Crippen LogP contribution in [0.1, 0.15) is 11.8 Å². The standard InChI is InChI=1S/C16H11Cl5N2O3/c1-25-8-13(24)26-15(16(19,20)21)23-6-9(5-22)11(7-23)10-3-2-4-12(17)14(10)18/h2-4,6-7,15H,8H2,1H3. The lowest BCUT2D eigenvalue weighted by Crippen LogP contribution is -2.29. The molecule has 10 heteroatoms. The summed E-state index contributed by atoms with van der Waals surface area (Å²) >= 11 is 30.1. The second-order valence-electron chi connectivity index (χ2n) is 5.06. The van der Waals surface area contributed by atoms with Gasteiger partial charge in [0.15, 0.2) is 0 Å². The number of aromatic nitrogens is 1. The van der Waals surface area contributed by atoms with Crippen molar-refractivity contribution in [2.24, 2.45) is 0 Å². The highest BCUT2D eigenvalue weighted by molar-refractivity contribution is 6.67. The Hall–Kier alpha value is -1.13. The van der Waals surface area contributed by atoms with E-state index < -0.39 is 16.0 Å². The zero-order valence-corrected chi connectivity index (χ0v) is 17.0. The summed E-state index contributed by atoms with van der Waals surface area (Å²) in [5.41, 5.74) is 1.19. The second-order valence-corrected chi connectivity index (χ2v) is 8.22. The lowest BCUT2D eigenvalue weighted by molar-refractivity contribution is -0.157. The molecular formula is C16H11Cl5N2O3. The molecule has 1 heterocycles. The van der Waals surface area contributed by atoms with Gasteiger partial charge in [0.1, 0.15) is 12.7 Å². The smallest absolute Gasteiger partial charge is 0.334 e. The molecule has 2 rings (SSSR count). The normalized spacial score (nSPS) is 12.5. The largest absolute Gasteiger partial charge is 0.435 e. The van der Waals surface area contributed by atoms with Gasteiger partial charge in [0.2, 0.25) is 10.0 Å². The van der Waals surface area contributed by atoms with Crippen molar-refractivity contribution in [1.29, 1.82) is 5.26 Å². The van der Waals surface area contributed by atoms with Gasteiger partial charge in [-0.05, 0) is 6.07 Å². The Morgan fingerprint density at radius 3 is 2.54 bits per heavy atom. The molecule has 0 spiro atoms. The molecule has 0 aliphatic carbocycles. The molecule has 0 amide bonds. The lowest BCUT2D eigenvalue weighted by atomic mass is 10.1. The highest BCUT2D eigenvalue weighted by atomic mass is 35.6. The van der Waals surface area contributed by atoms with Gasteiger partial charge in [0.25, 0.3) is 0 Å². The van der Waals surface area contributed by atoms with Crippen LogP contribution in [0.2, 0.25) is 10.0 Å². The third-order valence-electron chi connectivity index (χ3n) is 3.26. The summed E-state index contributed by atoms with van der Waals surface area (Å²) in [6, 6.07) is 7.03. The van der Waals surface area contributed by atoms with Crippen molar-refractivity contribution in [3.63, 3.8) is 0 Å². The maximum Gasteiger partial charge on any atom is 0.334 e. The van der Waals surface area contributed by atoms with Gasteiger partial charge in [-0.3, -0.25) is 0 Å². The topological polar surface area (TPSA) is 64.2 Å².